The standard InChI is InChI=1S/C24H34O10Si/c1-15(25)30-14-19-20(31-16(2)26)21(32-17(3)27)22(24(33-19)29-12-13-35(4,5)6)34-23(28)18-10-8-7-9-11-18/h7-11,19-22,24H,12-14H2,1-6H3/t19-,20-,21+,22+,24+/m1/s1. The van der Waals surface area contributed by atoms with Crippen LogP contribution in [0.3, 0.4) is 0 Å². The maximum Gasteiger partial charge on any atom is 0.338 e. The van der Waals surface area contributed by atoms with E-state index >= 15 is 0 Å². The van der Waals surface area contributed by atoms with Gasteiger partial charge in [-0.05, 0) is 18.2 Å². The van der Waals surface area contributed by atoms with Gasteiger partial charge in [0.1, 0.15) is 12.7 Å². The molecule has 11 heteroatoms. The summed E-state index contributed by atoms with van der Waals surface area (Å²) in [6, 6.07) is 9.03. The van der Waals surface area contributed by atoms with Gasteiger partial charge in [0.05, 0.1) is 5.56 Å². The fourth-order valence-electron chi connectivity index (χ4n) is 3.38. The second kappa shape index (κ2) is 12.8. The minimum absolute atomic E-state index is 0.265. The van der Waals surface area contributed by atoms with Crippen molar-refractivity contribution in [3.05, 3.63) is 35.9 Å². The fraction of sp³-hybridized carbons (Fsp3) is 0.583. The van der Waals surface area contributed by atoms with Gasteiger partial charge in [0.15, 0.2) is 24.6 Å². The number of esters is 4. The molecule has 1 aliphatic heterocycles. The first-order chi connectivity index (χ1) is 16.4. The molecule has 1 saturated heterocycles. The van der Waals surface area contributed by atoms with E-state index in [2.05, 4.69) is 19.6 Å². The van der Waals surface area contributed by atoms with Crippen molar-refractivity contribution in [1.82, 2.24) is 0 Å². The summed E-state index contributed by atoms with van der Waals surface area (Å²) in [4.78, 5) is 48.2. The second-order valence-electron chi connectivity index (χ2n) is 9.41. The molecule has 10 nitrogen and oxygen atoms in total. The lowest BCUT2D eigenvalue weighted by atomic mass is 9.98. The Labute approximate surface area is 206 Å². The van der Waals surface area contributed by atoms with Crippen LogP contribution in [0, 0.1) is 0 Å². The second-order valence-corrected chi connectivity index (χ2v) is 15.0. The zero-order valence-electron chi connectivity index (χ0n) is 21.0. The monoisotopic (exact) mass is 510 g/mol. The van der Waals surface area contributed by atoms with Crippen LogP contribution in [-0.2, 0) is 42.8 Å². The molecule has 1 aromatic carbocycles. The van der Waals surface area contributed by atoms with Crippen molar-refractivity contribution >= 4 is 32.0 Å². The molecule has 0 N–H and O–H groups in total. The zero-order chi connectivity index (χ0) is 26.2. The highest BCUT2D eigenvalue weighted by molar-refractivity contribution is 6.76. The summed E-state index contributed by atoms with van der Waals surface area (Å²) in [6.45, 7) is 10.1. The van der Waals surface area contributed by atoms with Crippen molar-refractivity contribution < 1.29 is 47.6 Å². The van der Waals surface area contributed by atoms with Crippen LogP contribution in [0.25, 0.3) is 0 Å². The Hall–Kier alpha value is -2.76. The Balaban J connectivity index is 2.42. The predicted octanol–water partition coefficient (Wildman–Crippen LogP) is 2.72. The molecule has 0 unspecified atom stereocenters. The van der Waals surface area contributed by atoms with Crippen LogP contribution in [0.15, 0.2) is 30.3 Å². The molecule has 0 aromatic heterocycles. The van der Waals surface area contributed by atoms with Crippen molar-refractivity contribution in [2.45, 2.75) is 77.2 Å². The van der Waals surface area contributed by atoms with E-state index in [9.17, 15) is 19.2 Å². The van der Waals surface area contributed by atoms with Gasteiger partial charge >= 0.3 is 23.9 Å². The fourth-order valence-corrected chi connectivity index (χ4v) is 4.11. The molecular formula is C24H34O10Si. The molecule has 1 fully saturated rings. The third-order valence-corrected chi connectivity index (χ3v) is 6.74. The Morgan fingerprint density at radius 2 is 1.43 bits per heavy atom. The molecule has 0 spiro atoms. The van der Waals surface area contributed by atoms with E-state index < -0.39 is 62.7 Å². The smallest absolute Gasteiger partial charge is 0.338 e. The number of hydrogen-bond donors (Lipinski definition) is 0. The summed E-state index contributed by atoms with van der Waals surface area (Å²) in [5.41, 5.74) is 0.265. The van der Waals surface area contributed by atoms with Gasteiger partial charge in [-0.1, -0.05) is 37.8 Å². The van der Waals surface area contributed by atoms with E-state index in [1.54, 1.807) is 30.3 Å². The molecule has 35 heavy (non-hydrogen) atoms. The Kier molecular flexibility index (Phi) is 10.4. The highest BCUT2D eigenvalue weighted by atomic mass is 28.3. The third-order valence-electron chi connectivity index (χ3n) is 5.03. The minimum atomic E-state index is -1.49. The van der Waals surface area contributed by atoms with Gasteiger partial charge in [-0.25, -0.2) is 4.79 Å². The number of rotatable bonds is 10. The van der Waals surface area contributed by atoms with Gasteiger partial charge in [-0.15, -0.1) is 0 Å². The largest absolute Gasteiger partial charge is 0.463 e. The maximum atomic E-state index is 12.9. The average molecular weight is 511 g/mol. The summed E-state index contributed by atoms with van der Waals surface area (Å²) >= 11 is 0. The molecule has 1 heterocycles. The number of benzene rings is 1. The number of carbonyl (C=O) groups excluding carboxylic acids is 4. The van der Waals surface area contributed by atoms with E-state index in [4.69, 9.17) is 28.4 Å². The lowest BCUT2D eigenvalue weighted by molar-refractivity contribution is -0.303. The van der Waals surface area contributed by atoms with E-state index in [1.165, 1.54) is 20.8 Å². The molecule has 2 rings (SSSR count). The maximum absolute atomic E-state index is 12.9. The number of hydrogen-bond acceptors (Lipinski definition) is 10. The lowest BCUT2D eigenvalue weighted by Gasteiger charge is -2.44. The quantitative estimate of drug-likeness (QED) is 0.264. The molecule has 0 aliphatic carbocycles. The van der Waals surface area contributed by atoms with E-state index in [-0.39, 0.29) is 12.2 Å². The number of carbonyl (C=O) groups is 4. The van der Waals surface area contributed by atoms with Crippen LogP contribution in [-0.4, -0.2) is 75.9 Å². The predicted molar refractivity (Wildman–Crippen MR) is 126 cm³/mol. The van der Waals surface area contributed by atoms with Crippen LogP contribution in [0.5, 0.6) is 0 Å². The Morgan fingerprint density at radius 3 is 1.97 bits per heavy atom. The Morgan fingerprint density at radius 1 is 0.829 bits per heavy atom. The summed E-state index contributed by atoms with van der Waals surface area (Å²) in [5, 5.41) is 0. The average Bonchev–Trinajstić information content (AvgIpc) is 2.75. The topological polar surface area (TPSA) is 124 Å². The molecule has 0 amide bonds. The van der Waals surface area contributed by atoms with Crippen LogP contribution < -0.4 is 0 Å². The molecular weight excluding hydrogens is 476 g/mol. The first-order valence-corrected chi connectivity index (χ1v) is 15.1. The van der Waals surface area contributed by atoms with E-state index in [1.807, 2.05) is 0 Å². The van der Waals surface area contributed by atoms with Crippen LogP contribution in [0.2, 0.25) is 25.7 Å². The van der Waals surface area contributed by atoms with Crippen molar-refractivity contribution in [2.24, 2.45) is 0 Å². The van der Waals surface area contributed by atoms with Crippen molar-refractivity contribution in [3.8, 4) is 0 Å². The first-order valence-electron chi connectivity index (χ1n) is 11.4. The van der Waals surface area contributed by atoms with E-state index in [0.29, 0.717) is 6.61 Å². The SMILES string of the molecule is CC(=O)OC[C@H]1O[C@H](OCC[Si](C)(C)C)[C@@H](OC(=O)c2ccccc2)[C@@H](OC(C)=O)[C@@H]1OC(C)=O. The lowest BCUT2D eigenvalue weighted by Crippen LogP contribution is -2.63. The highest BCUT2D eigenvalue weighted by Gasteiger charge is 2.53. The van der Waals surface area contributed by atoms with Crippen molar-refractivity contribution in [1.29, 1.82) is 0 Å². The van der Waals surface area contributed by atoms with Gasteiger partial charge in [0.25, 0.3) is 0 Å². The van der Waals surface area contributed by atoms with Crippen molar-refractivity contribution in [2.75, 3.05) is 13.2 Å². The Bertz CT molecular complexity index is 882. The normalized spacial score (nSPS) is 24.2. The van der Waals surface area contributed by atoms with Gasteiger partial charge in [-0.2, -0.15) is 0 Å². The summed E-state index contributed by atoms with van der Waals surface area (Å²) < 4.78 is 33.7. The van der Waals surface area contributed by atoms with Gasteiger partial charge in [0, 0.05) is 35.5 Å². The molecule has 194 valence electrons. The molecule has 5 atom stereocenters. The molecule has 1 aromatic rings. The summed E-state index contributed by atoms with van der Waals surface area (Å²) in [5.74, 6) is -2.65. The van der Waals surface area contributed by atoms with Gasteiger partial charge < -0.3 is 28.4 Å². The van der Waals surface area contributed by atoms with Crippen LogP contribution >= 0.6 is 0 Å². The molecule has 1 aliphatic rings. The van der Waals surface area contributed by atoms with Crippen LogP contribution in [0.4, 0.5) is 0 Å². The van der Waals surface area contributed by atoms with Crippen LogP contribution in [0.1, 0.15) is 31.1 Å². The number of ether oxygens (including phenoxy) is 6. The van der Waals surface area contributed by atoms with E-state index in [0.717, 1.165) is 6.04 Å². The first kappa shape index (κ1) is 28.5. The van der Waals surface area contributed by atoms with Gasteiger partial charge in [-0.3, -0.25) is 14.4 Å². The summed E-state index contributed by atoms with van der Waals surface area (Å²) in [6.07, 6.45) is -5.95. The van der Waals surface area contributed by atoms with Crippen molar-refractivity contribution in [3.63, 3.8) is 0 Å². The molecule has 0 bridgehead atoms. The minimum Gasteiger partial charge on any atom is -0.463 e. The highest BCUT2D eigenvalue weighted by Crippen LogP contribution is 2.31. The molecule has 0 saturated carbocycles. The van der Waals surface area contributed by atoms with Gasteiger partial charge in [0.2, 0.25) is 0 Å². The zero-order valence-corrected chi connectivity index (χ0v) is 22.0. The summed E-state index contributed by atoms with van der Waals surface area (Å²) in [7, 11) is -1.49. The molecule has 0 radical (unpaired) electrons. The third kappa shape index (κ3) is 9.42.